The quantitative estimate of drug-likeness (QED) is 0.221. The second-order valence-corrected chi connectivity index (χ2v) is 10.6. The smallest absolute Gasteiger partial charge is 0.321 e. The van der Waals surface area contributed by atoms with Gasteiger partial charge in [0.25, 0.3) is 0 Å². The predicted molar refractivity (Wildman–Crippen MR) is 159 cm³/mol. The van der Waals surface area contributed by atoms with E-state index in [-0.39, 0.29) is 30.8 Å². The van der Waals surface area contributed by atoms with E-state index < -0.39 is 0 Å². The summed E-state index contributed by atoms with van der Waals surface area (Å²) in [5, 5.41) is 7.36. The number of oxazole rings is 1. The molecule has 0 bridgehead atoms. The minimum Gasteiger partial charge on any atom is -0.444 e. The normalized spacial score (nSPS) is 13.5. The number of anilines is 1. The van der Waals surface area contributed by atoms with E-state index >= 15 is 0 Å². The maximum Gasteiger partial charge on any atom is 0.321 e. The molecule has 0 spiro atoms. The molecule has 3 aromatic heterocycles. The van der Waals surface area contributed by atoms with Crippen molar-refractivity contribution in [2.75, 3.05) is 51.3 Å². The van der Waals surface area contributed by atoms with Crippen LogP contribution < -0.4 is 5.32 Å². The number of morpholine rings is 1. The number of benzene rings is 1. The van der Waals surface area contributed by atoms with Crippen LogP contribution in [0.4, 0.5) is 10.5 Å². The Morgan fingerprint density at radius 2 is 1.76 bits per heavy atom. The molecule has 1 N–H and O–H groups in total. The van der Waals surface area contributed by atoms with Crippen molar-refractivity contribution in [1.29, 1.82) is 0 Å². The number of aromatic nitrogens is 1. The number of urea groups is 1. The van der Waals surface area contributed by atoms with Gasteiger partial charge in [-0.25, -0.2) is 9.78 Å². The van der Waals surface area contributed by atoms with Gasteiger partial charge in [0, 0.05) is 59.6 Å². The van der Waals surface area contributed by atoms with Crippen molar-refractivity contribution in [3.63, 3.8) is 0 Å². The number of nitrogens with zero attached hydrogens (tertiary/aromatic N) is 3. The van der Waals surface area contributed by atoms with Crippen LogP contribution in [-0.2, 0) is 4.74 Å². The number of hydrogen-bond donors (Lipinski definition) is 1. The first-order valence-corrected chi connectivity index (χ1v) is 13.9. The first-order valence-electron chi connectivity index (χ1n) is 12.2. The average molecular weight is 596 g/mol. The van der Waals surface area contributed by atoms with Crippen molar-refractivity contribution in [2.24, 2.45) is 0 Å². The molecule has 4 aromatic rings. The molecular weight excluding hydrogens is 563 g/mol. The zero-order chi connectivity index (χ0) is 24.6. The van der Waals surface area contributed by atoms with Gasteiger partial charge in [-0.05, 0) is 41.4 Å². The van der Waals surface area contributed by atoms with E-state index in [1.807, 2.05) is 29.2 Å². The Morgan fingerprint density at radius 1 is 1.03 bits per heavy atom. The topological polar surface area (TPSA) is 70.8 Å². The van der Waals surface area contributed by atoms with Crippen molar-refractivity contribution >= 4 is 59.2 Å². The van der Waals surface area contributed by atoms with E-state index in [1.165, 1.54) is 16.1 Å². The predicted octanol–water partition coefficient (Wildman–Crippen LogP) is 6.70. The lowest BCUT2D eigenvalue weighted by atomic mass is 10.0. The van der Waals surface area contributed by atoms with Gasteiger partial charge >= 0.3 is 6.03 Å². The maximum absolute atomic E-state index is 13.5. The van der Waals surface area contributed by atoms with E-state index in [9.17, 15) is 4.79 Å². The lowest BCUT2D eigenvalue weighted by molar-refractivity contribution is 0.0351. The number of nitrogens with one attached hydrogen (secondary N) is 1. The number of thiophene rings is 2. The minimum absolute atomic E-state index is 0. The summed E-state index contributed by atoms with van der Waals surface area (Å²) < 4.78 is 10.9. The zero-order valence-electron chi connectivity index (χ0n) is 20.9. The molecule has 7 nitrogen and oxygen atoms in total. The Kier molecular flexibility index (Phi) is 12.1. The molecule has 204 valence electrons. The lowest BCUT2D eigenvalue weighted by Gasteiger charge is -2.31. The molecule has 0 unspecified atom stereocenters. The fraction of sp³-hybridized carbons (Fsp3) is 0.333. The van der Waals surface area contributed by atoms with Gasteiger partial charge in [-0.3, -0.25) is 4.90 Å². The Bertz CT molecular complexity index is 1170. The number of hydrogen-bond acceptors (Lipinski definition) is 7. The van der Waals surface area contributed by atoms with Crippen LogP contribution in [0.1, 0.15) is 22.1 Å². The third-order valence-corrected chi connectivity index (χ3v) is 8.34. The highest BCUT2D eigenvalue weighted by Crippen LogP contribution is 2.34. The number of rotatable bonds is 10. The molecule has 1 fully saturated rings. The minimum atomic E-state index is -0.0888. The van der Waals surface area contributed by atoms with Gasteiger partial charge in [0.15, 0.2) is 12.2 Å². The second kappa shape index (κ2) is 15.3. The Hall–Kier alpha value is -2.40. The average Bonchev–Trinajstić information content (AvgIpc) is 3.71. The Labute approximate surface area is 243 Å². The molecule has 4 heterocycles. The standard InChI is InChI=1S/C27H30N4O3S2.2ClH/c32-27(29-22-5-1-4-21(18-22)24-19-28-20-34-24)31(11-10-30-12-14-33-15-13-30)9-8-23(25-6-2-16-35-25)26-7-3-17-36-26;;/h1-7,16-20,23H,8-15H2,(H,29,32);2*1H. The highest BCUT2D eigenvalue weighted by molar-refractivity contribution is 7.11. The van der Waals surface area contributed by atoms with Gasteiger partial charge in [0.05, 0.1) is 19.4 Å². The van der Waals surface area contributed by atoms with Gasteiger partial charge in [-0.15, -0.1) is 47.5 Å². The highest BCUT2D eigenvalue weighted by atomic mass is 35.5. The van der Waals surface area contributed by atoms with E-state index in [2.05, 4.69) is 50.2 Å². The molecule has 5 rings (SSSR count). The third-order valence-electron chi connectivity index (χ3n) is 6.37. The van der Waals surface area contributed by atoms with Crippen molar-refractivity contribution in [2.45, 2.75) is 12.3 Å². The molecule has 1 saturated heterocycles. The number of carbonyl (C=O) groups excluding carboxylic acids is 1. The molecule has 0 atom stereocenters. The molecule has 1 aliphatic rings. The molecule has 0 radical (unpaired) electrons. The third kappa shape index (κ3) is 8.05. The summed E-state index contributed by atoms with van der Waals surface area (Å²) >= 11 is 3.56. The van der Waals surface area contributed by atoms with Crippen LogP contribution in [0, 0.1) is 0 Å². The number of carbonyl (C=O) groups is 1. The van der Waals surface area contributed by atoms with Gasteiger partial charge in [-0.1, -0.05) is 24.3 Å². The largest absolute Gasteiger partial charge is 0.444 e. The van der Waals surface area contributed by atoms with Crippen molar-refractivity contribution < 1.29 is 13.9 Å². The molecule has 0 aliphatic carbocycles. The maximum atomic E-state index is 13.5. The SMILES string of the molecule is Cl.Cl.O=C(Nc1cccc(-c2cnco2)c1)N(CCC(c1cccs1)c1cccs1)CCN1CCOCC1. The van der Waals surface area contributed by atoms with E-state index in [0.29, 0.717) is 24.8 Å². The molecule has 11 heteroatoms. The van der Waals surface area contributed by atoms with Crippen LogP contribution in [-0.4, -0.2) is 66.8 Å². The monoisotopic (exact) mass is 594 g/mol. The van der Waals surface area contributed by atoms with Crippen molar-refractivity contribution in [3.05, 3.63) is 81.6 Å². The molecule has 1 aliphatic heterocycles. The summed E-state index contributed by atoms with van der Waals surface area (Å²) in [5.74, 6) is 0.962. The molecule has 0 saturated carbocycles. The molecular formula is C27H32Cl2N4O3S2. The second-order valence-electron chi connectivity index (χ2n) is 8.69. The Morgan fingerprint density at radius 3 is 2.39 bits per heavy atom. The van der Waals surface area contributed by atoms with Crippen LogP contribution >= 0.6 is 47.5 Å². The molecule has 38 heavy (non-hydrogen) atoms. The van der Waals surface area contributed by atoms with Crippen molar-refractivity contribution in [3.8, 4) is 11.3 Å². The van der Waals surface area contributed by atoms with Gasteiger partial charge in [0.1, 0.15) is 0 Å². The summed E-state index contributed by atoms with van der Waals surface area (Å²) in [7, 11) is 0. The van der Waals surface area contributed by atoms with Gasteiger partial charge in [0.2, 0.25) is 0 Å². The number of amides is 2. The first kappa shape index (κ1) is 30.1. The summed E-state index contributed by atoms with van der Waals surface area (Å²) in [6, 6.07) is 16.2. The van der Waals surface area contributed by atoms with E-state index in [4.69, 9.17) is 9.15 Å². The van der Waals surface area contributed by atoms with Gasteiger partial charge in [-0.2, -0.15) is 0 Å². The van der Waals surface area contributed by atoms with Crippen LogP contribution in [0.3, 0.4) is 0 Å². The van der Waals surface area contributed by atoms with Gasteiger partial charge < -0.3 is 19.4 Å². The van der Waals surface area contributed by atoms with E-state index in [0.717, 1.165) is 50.5 Å². The fourth-order valence-electron chi connectivity index (χ4n) is 4.40. The zero-order valence-corrected chi connectivity index (χ0v) is 24.1. The number of halogens is 2. The summed E-state index contributed by atoms with van der Waals surface area (Å²) in [4.78, 5) is 24.5. The molecule has 2 amide bonds. The van der Waals surface area contributed by atoms with Crippen LogP contribution in [0.5, 0.6) is 0 Å². The van der Waals surface area contributed by atoms with Crippen molar-refractivity contribution in [1.82, 2.24) is 14.8 Å². The van der Waals surface area contributed by atoms with E-state index in [1.54, 1.807) is 28.9 Å². The van der Waals surface area contributed by atoms with Crippen LogP contribution in [0.25, 0.3) is 11.3 Å². The summed E-state index contributed by atoms with van der Waals surface area (Å²) in [5.41, 5.74) is 1.61. The highest BCUT2D eigenvalue weighted by Gasteiger charge is 2.22. The summed E-state index contributed by atoms with van der Waals surface area (Å²) in [6.07, 6.45) is 3.95. The van der Waals surface area contributed by atoms with Crippen LogP contribution in [0.2, 0.25) is 0 Å². The fourth-order valence-corrected chi connectivity index (χ4v) is 6.24. The summed E-state index contributed by atoms with van der Waals surface area (Å²) in [6.45, 7) is 5.47. The molecule has 1 aromatic carbocycles. The number of ether oxygens (including phenoxy) is 1. The Balaban J connectivity index is 0.00000200. The lowest BCUT2D eigenvalue weighted by Crippen LogP contribution is -2.44. The van der Waals surface area contributed by atoms with Crippen LogP contribution in [0.15, 0.2) is 76.3 Å². The first-order chi connectivity index (χ1) is 17.8.